The van der Waals surface area contributed by atoms with Crippen molar-refractivity contribution in [3.05, 3.63) is 52.4 Å². The number of nitrogens with one attached hydrogen (secondary N) is 1. The standard InChI is InChI=1S/C15H11BrN2O2S/c1-9-2-4-11(20-9)5-7-14(19)18-15-17-12-6-3-10(16)8-13(12)21-15/h2-8H,1H3,(H,17,18,19). The zero-order chi connectivity index (χ0) is 14.8. The highest BCUT2D eigenvalue weighted by Gasteiger charge is 2.06. The van der Waals surface area contributed by atoms with E-state index in [-0.39, 0.29) is 5.91 Å². The topological polar surface area (TPSA) is 55.1 Å². The predicted molar refractivity (Wildman–Crippen MR) is 88.4 cm³/mol. The molecule has 0 fully saturated rings. The normalized spacial score (nSPS) is 11.3. The number of aromatic nitrogens is 1. The lowest BCUT2D eigenvalue weighted by molar-refractivity contribution is -0.111. The SMILES string of the molecule is Cc1ccc(C=CC(=O)Nc2nc3ccc(Br)cc3s2)o1. The second kappa shape index (κ2) is 5.83. The maximum atomic E-state index is 11.9. The van der Waals surface area contributed by atoms with Crippen LogP contribution in [-0.4, -0.2) is 10.9 Å². The fraction of sp³-hybridized carbons (Fsp3) is 0.0667. The van der Waals surface area contributed by atoms with Crippen LogP contribution in [0.2, 0.25) is 0 Å². The number of benzene rings is 1. The van der Waals surface area contributed by atoms with E-state index in [4.69, 9.17) is 4.42 Å². The molecule has 0 radical (unpaired) electrons. The van der Waals surface area contributed by atoms with Crippen LogP contribution in [-0.2, 0) is 4.79 Å². The molecule has 2 aromatic heterocycles. The van der Waals surface area contributed by atoms with Gasteiger partial charge in [0, 0.05) is 10.5 Å². The van der Waals surface area contributed by atoms with E-state index in [0.29, 0.717) is 10.9 Å². The summed E-state index contributed by atoms with van der Waals surface area (Å²) in [6.07, 6.45) is 3.06. The molecule has 0 unspecified atom stereocenters. The van der Waals surface area contributed by atoms with Crippen LogP contribution in [0.4, 0.5) is 5.13 Å². The van der Waals surface area contributed by atoms with Gasteiger partial charge in [0.2, 0.25) is 5.91 Å². The summed E-state index contributed by atoms with van der Waals surface area (Å²) >= 11 is 4.85. The Hall–Kier alpha value is -1.92. The molecule has 0 bridgehead atoms. The van der Waals surface area contributed by atoms with E-state index in [9.17, 15) is 4.79 Å². The molecule has 2 heterocycles. The quantitative estimate of drug-likeness (QED) is 0.692. The third kappa shape index (κ3) is 3.40. The molecule has 4 nitrogen and oxygen atoms in total. The molecule has 0 aliphatic carbocycles. The van der Waals surface area contributed by atoms with Crippen molar-refractivity contribution in [2.24, 2.45) is 0 Å². The van der Waals surface area contributed by atoms with Crippen molar-refractivity contribution >= 4 is 54.6 Å². The number of amides is 1. The van der Waals surface area contributed by atoms with Gasteiger partial charge in [-0.05, 0) is 43.3 Å². The zero-order valence-corrected chi connectivity index (χ0v) is 13.5. The Morgan fingerprint density at radius 1 is 1.38 bits per heavy atom. The molecule has 3 aromatic rings. The first-order valence-electron chi connectivity index (χ1n) is 6.22. The first-order valence-corrected chi connectivity index (χ1v) is 7.83. The van der Waals surface area contributed by atoms with E-state index in [1.54, 1.807) is 6.08 Å². The molecule has 0 spiro atoms. The smallest absolute Gasteiger partial charge is 0.250 e. The van der Waals surface area contributed by atoms with E-state index < -0.39 is 0 Å². The Morgan fingerprint density at radius 2 is 2.24 bits per heavy atom. The van der Waals surface area contributed by atoms with Crippen LogP contribution in [0.5, 0.6) is 0 Å². The van der Waals surface area contributed by atoms with Crippen molar-refractivity contribution in [1.82, 2.24) is 4.98 Å². The van der Waals surface area contributed by atoms with E-state index in [1.165, 1.54) is 17.4 Å². The van der Waals surface area contributed by atoms with Crippen molar-refractivity contribution < 1.29 is 9.21 Å². The lowest BCUT2D eigenvalue weighted by Crippen LogP contribution is -2.07. The summed E-state index contributed by atoms with van der Waals surface area (Å²) in [5.41, 5.74) is 0.865. The Morgan fingerprint density at radius 3 is 3.00 bits per heavy atom. The minimum Gasteiger partial charge on any atom is -0.462 e. The Kier molecular flexibility index (Phi) is 3.90. The summed E-state index contributed by atoms with van der Waals surface area (Å²) in [6, 6.07) is 9.47. The summed E-state index contributed by atoms with van der Waals surface area (Å²) in [5.74, 6) is 1.23. The average molecular weight is 363 g/mol. The maximum absolute atomic E-state index is 11.9. The van der Waals surface area contributed by atoms with E-state index in [0.717, 1.165) is 20.4 Å². The lowest BCUT2D eigenvalue weighted by atomic mass is 10.3. The second-order valence-electron chi connectivity index (χ2n) is 4.40. The molecule has 6 heteroatoms. The summed E-state index contributed by atoms with van der Waals surface area (Å²) in [7, 11) is 0. The number of carbonyl (C=O) groups excluding carboxylic acids is 1. The first kappa shape index (κ1) is 14.0. The molecule has 3 rings (SSSR count). The van der Waals surface area contributed by atoms with Crippen LogP contribution >= 0.6 is 27.3 Å². The number of aryl methyl sites for hydroxylation is 1. The van der Waals surface area contributed by atoms with Gasteiger partial charge in [-0.15, -0.1) is 0 Å². The molecule has 0 aliphatic rings. The molecule has 0 atom stereocenters. The van der Waals surface area contributed by atoms with Crippen molar-refractivity contribution in [3.63, 3.8) is 0 Å². The van der Waals surface area contributed by atoms with Gasteiger partial charge >= 0.3 is 0 Å². The van der Waals surface area contributed by atoms with Crippen LogP contribution in [0, 0.1) is 6.92 Å². The monoisotopic (exact) mass is 362 g/mol. The molecule has 0 aliphatic heterocycles. The minimum absolute atomic E-state index is 0.234. The van der Waals surface area contributed by atoms with Gasteiger partial charge < -0.3 is 4.42 Å². The van der Waals surface area contributed by atoms with Crippen LogP contribution in [0.25, 0.3) is 16.3 Å². The number of fused-ring (bicyclic) bond motifs is 1. The Bertz CT molecular complexity index is 835. The molecule has 1 amide bonds. The van der Waals surface area contributed by atoms with E-state index >= 15 is 0 Å². The van der Waals surface area contributed by atoms with Crippen LogP contribution < -0.4 is 5.32 Å². The molecule has 0 saturated heterocycles. The highest BCUT2D eigenvalue weighted by atomic mass is 79.9. The Labute approximate surface area is 133 Å². The summed E-state index contributed by atoms with van der Waals surface area (Å²) in [5, 5.41) is 3.33. The third-order valence-electron chi connectivity index (χ3n) is 2.74. The van der Waals surface area contributed by atoms with Gasteiger partial charge in [-0.25, -0.2) is 4.98 Å². The number of furan rings is 1. The summed E-state index contributed by atoms with van der Waals surface area (Å²) < 4.78 is 7.37. The highest BCUT2D eigenvalue weighted by Crippen LogP contribution is 2.28. The average Bonchev–Trinajstić information content (AvgIpc) is 3.01. The van der Waals surface area contributed by atoms with Gasteiger partial charge in [-0.3, -0.25) is 10.1 Å². The van der Waals surface area contributed by atoms with Gasteiger partial charge in [0.1, 0.15) is 11.5 Å². The molecule has 21 heavy (non-hydrogen) atoms. The molecule has 1 N–H and O–H groups in total. The lowest BCUT2D eigenvalue weighted by Gasteiger charge is -1.94. The summed E-state index contributed by atoms with van der Waals surface area (Å²) in [6.45, 7) is 1.86. The van der Waals surface area contributed by atoms with Crippen molar-refractivity contribution in [1.29, 1.82) is 0 Å². The highest BCUT2D eigenvalue weighted by molar-refractivity contribution is 9.10. The molecular weight excluding hydrogens is 352 g/mol. The number of thiazole rings is 1. The molecule has 1 aromatic carbocycles. The number of halogens is 1. The van der Waals surface area contributed by atoms with Gasteiger partial charge in [0.05, 0.1) is 10.2 Å². The van der Waals surface area contributed by atoms with Crippen molar-refractivity contribution in [3.8, 4) is 0 Å². The largest absolute Gasteiger partial charge is 0.462 e. The number of nitrogens with zero attached hydrogens (tertiary/aromatic N) is 1. The van der Waals surface area contributed by atoms with Crippen LogP contribution in [0.3, 0.4) is 0 Å². The number of carbonyl (C=O) groups is 1. The molecular formula is C15H11BrN2O2S. The van der Waals surface area contributed by atoms with E-state index in [2.05, 4.69) is 26.2 Å². The number of rotatable bonds is 3. The first-order chi connectivity index (χ1) is 10.1. The molecule has 0 saturated carbocycles. The number of hydrogen-bond acceptors (Lipinski definition) is 4. The van der Waals surface area contributed by atoms with E-state index in [1.807, 2.05) is 37.3 Å². The van der Waals surface area contributed by atoms with Crippen molar-refractivity contribution in [2.75, 3.05) is 5.32 Å². The minimum atomic E-state index is -0.234. The van der Waals surface area contributed by atoms with Gasteiger partial charge in [0.25, 0.3) is 0 Å². The van der Waals surface area contributed by atoms with Crippen LogP contribution in [0.1, 0.15) is 11.5 Å². The number of anilines is 1. The number of hydrogen-bond donors (Lipinski definition) is 1. The third-order valence-corrected chi connectivity index (χ3v) is 4.17. The predicted octanol–water partition coefficient (Wildman–Crippen LogP) is 4.61. The zero-order valence-electron chi connectivity index (χ0n) is 11.1. The van der Waals surface area contributed by atoms with Crippen molar-refractivity contribution in [2.45, 2.75) is 6.92 Å². The fourth-order valence-corrected chi connectivity index (χ4v) is 3.22. The second-order valence-corrected chi connectivity index (χ2v) is 6.35. The van der Waals surface area contributed by atoms with Crippen LogP contribution in [0.15, 0.2) is 45.3 Å². The fourth-order valence-electron chi connectivity index (χ4n) is 1.80. The molecule has 106 valence electrons. The Balaban J connectivity index is 1.72. The maximum Gasteiger partial charge on any atom is 0.250 e. The van der Waals surface area contributed by atoms with Gasteiger partial charge in [-0.2, -0.15) is 0 Å². The van der Waals surface area contributed by atoms with Gasteiger partial charge in [-0.1, -0.05) is 27.3 Å². The summed E-state index contributed by atoms with van der Waals surface area (Å²) in [4.78, 5) is 16.2. The van der Waals surface area contributed by atoms with Gasteiger partial charge in [0.15, 0.2) is 5.13 Å².